The molecule has 7 heteroatoms. The number of hydrogen-bond acceptors (Lipinski definition) is 6. The monoisotopic (exact) mass is 317 g/mol. The number of likely N-dealkylation sites (tertiary alicyclic amines) is 1. The van der Waals surface area contributed by atoms with Crippen molar-refractivity contribution in [3.63, 3.8) is 0 Å². The number of aliphatic hydroxyl groups is 1. The Hall–Kier alpha value is -2.41. The lowest BCUT2D eigenvalue weighted by Crippen LogP contribution is -2.42. The van der Waals surface area contributed by atoms with Crippen molar-refractivity contribution in [1.29, 1.82) is 0 Å². The van der Waals surface area contributed by atoms with E-state index in [1.165, 1.54) is 0 Å². The quantitative estimate of drug-likeness (QED) is 0.920. The number of amides is 1. The summed E-state index contributed by atoms with van der Waals surface area (Å²) in [6, 6.07) is 6.92. The number of carbonyl (C=O) groups is 1. The molecule has 1 atom stereocenters. The first-order valence-corrected chi connectivity index (χ1v) is 7.61. The summed E-state index contributed by atoms with van der Waals surface area (Å²) in [6.07, 6.45) is 1.17. The maximum atomic E-state index is 12.4. The Morgan fingerprint density at radius 3 is 2.87 bits per heavy atom. The summed E-state index contributed by atoms with van der Waals surface area (Å²) in [5.41, 5.74) is 0.585. The van der Waals surface area contributed by atoms with Crippen molar-refractivity contribution in [3.8, 4) is 5.75 Å². The first-order valence-electron chi connectivity index (χ1n) is 7.61. The summed E-state index contributed by atoms with van der Waals surface area (Å²) in [7, 11) is 0. The molecule has 122 valence electrons. The molecule has 23 heavy (non-hydrogen) atoms. The molecule has 0 bridgehead atoms. The normalized spacial score (nSPS) is 18.0. The largest absolute Gasteiger partial charge is 0.485 e. The molecule has 1 fully saturated rings. The minimum absolute atomic E-state index is 0.0657. The first kappa shape index (κ1) is 15.5. The van der Waals surface area contributed by atoms with E-state index >= 15 is 0 Å². The van der Waals surface area contributed by atoms with Crippen LogP contribution in [0.4, 0.5) is 0 Å². The van der Waals surface area contributed by atoms with Gasteiger partial charge in [-0.05, 0) is 37.1 Å². The van der Waals surface area contributed by atoms with Crippen molar-refractivity contribution in [1.82, 2.24) is 15.0 Å². The molecule has 1 N–H and O–H groups in total. The van der Waals surface area contributed by atoms with Crippen LogP contribution >= 0.6 is 0 Å². The van der Waals surface area contributed by atoms with Crippen LogP contribution in [0.25, 0.3) is 0 Å². The van der Waals surface area contributed by atoms with Crippen LogP contribution in [-0.2, 0) is 6.61 Å². The Labute approximate surface area is 133 Å². The second-order valence-corrected chi connectivity index (χ2v) is 5.59. The highest BCUT2D eigenvalue weighted by Crippen LogP contribution is 2.17. The van der Waals surface area contributed by atoms with Gasteiger partial charge in [-0.1, -0.05) is 5.16 Å². The summed E-state index contributed by atoms with van der Waals surface area (Å²) in [5.74, 6) is 1.53. The van der Waals surface area contributed by atoms with Gasteiger partial charge in [-0.15, -0.1) is 0 Å². The molecular weight excluding hydrogens is 298 g/mol. The molecular formula is C16H19N3O4. The van der Waals surface area contributed by atoms with Gasteiger partial charge in [0.25, 0.3) is 5.91 Å². The van der Waals surface area contributed by atoms with Gasteiger partial charge >= 0.3 is 0 Å². The zero-order valence-electron chi connectivity index (χ0n) is 12.9. The SMILES string of the molecule is Cc1nc(COc2ccc(C(=O)N3CCC[C@@H](O)C3)cc2)no1. The predicted molar refractivity (Wildman–Crippen MR) is 81.0 cm³/mol. The van der Waals surface area contributed by atoms with Gasteiger partial charge in [0.1, 0.15) is 5.75 Å². The number of carbonyl (C=O) groups excluding carboxylic acids is 1. The maximum Gasteiger partial charge on any atom is 0.253 e. The van der Waals surface area contributed by atoms with Crippen LogP contribution in [0.15, 0.2) is 28.8 Å². The van der Waals surface area contributed by atoms with Gasteiger partial charge in [-0.3, -0.25) is 4.79 Å². The average Bonchev–Trinajstić information content (AvgIpc) is 2.98. The summed E-state index contributed by atoms with van der Waals surface area (Å²) >= 11 is 0. The molecule has 1 aromatic carbocycles. The van der Waals surface area contributed by atoms with E-state index in [4.69, 9.17) is 9.26 Å². The number of hydrogen-bond donors (Lipinski definition) is 1. The first-order chi connectivity index (χ1) is 11.1. The molecule has 1 aliphatic rings. The van der Waals surface area contributed by atoms with Crippen molar-refractivity contribution in [2.45, 2.75) is 32.5 Å². The van der Waals surface area contributed by atoms with Crippen molar-refractivity contribution in [3.05, 3.63) is 41.5 Å². The van der Waals surface area contributed by atoms with Crippen LogP contribution in [0.5, 0.6) is 5.75 Å². The molecule has 2 aromatic rings. The molecule has 3 rings (SSSR count). The molecule has 1 amide bonds. The fourth-order valence-corrected chi connectivity index (χ4v) is 2.56. The van der Waals surface area contributed by atoms with Gasteiger partial charge in [0.2, 0.25) is 11.7 Å². The van der Waals surface area contributed by atoms with Crippen molar-refractivity contribution in [2.75, 3.05) is 13.1 Å². The number of nitrogens with zero attached hydrogens (tertiary/aromatic N) is 3. The van der Waals surface area contributed by atoms with Crippen LogP contribution < -0.4 is 4.74 Å². The van der Waals surface area contributed by atoms with E-state index in [2.05, 4.69) is 10.1 Å². The van der Waals surface area contributed by atoms with Crippen LogP contribution in [0, 0.1) is 6.92 Å². The molecule has 2 heterocycles. The van der Waals surface area contributed by atoms with E-state index < -0.39 is 6.10 Å². The molecule has 1 aromatic heterocycles. The Kier molecular flexibility index (Phi) is 4.57. The summed E-state index contributed by atoms with van der Waals surface area (Å²) in [6.45, 7) is 3.01. The summed E-state index contributed by atoms with van der Waals surface area (Å²) in [5, 5.41) is 13.4. The highest BCUT2D eigenvalue weighted by atomic mass is 16.5. The van der Waals surface area contributed by atoms with Gasteiger partial charge in [-0.2, -0.15) is 4.98 Å². The van der Waals surface area contributed by atoms with Gasteiger partial charge < -0.3 is 19.3 Å². The molecule has 0 spiro atoms. The number of benzene rings is 1. The summed E-state index contributed by atoms with van der Waals surface area (Å²) in [4.78, 5) is 18.1. The van der Waals surface area contributed by atoms with E-state index in [0.29, 0.717) is 36.1 Å². The van der Waals surface area contributed by atoms with E-state index in [1.54, 1.807) is 36.1 Å². The molecule has 7 nitrogen and oxygen atoms in total. The zero-order valence-corrected chi connectivity index (χ0v) is 12.9. The highest BCUT2D eigenvalue weighted by molar-refractivity contribution is 5.94. The average molecular weight is 317 g/mol. The molecule has 0 saturated carbocycles. The Morgan fingerprint density at radius 2 is 2.22 bits per heavy atom. The standard InChI is InChI=1S/C16H19N3O4/c1-11-17-15(18-23-11)10-22-14-6-4-12(5-7-14)16(21)19-8-2-3-13(20)9-19/h4-7,13,20H,2-3,8-10H2,1H3/t13-/m1/s1. The number of aromatic nitrogens is 2. The van der Waals surface area contributed by atoms with E-state index in [0.717, 1.165) is 12.8 Å². The smallest absolute Gasteiger partial charge is 0.253 e. The van der Waals surface area contributed by atoms with E-state index in [9.17, 15) is 9.90 Å². The molecule has 0 unspecified atom stereocenters. The number of aliphatic hydroxyl groups excluding tert-OH is 1. The number of β-amino-alcohol motifs (C(OH)–C–C–N with tert-alkyl or cyclic N) is 1. The second kappa shape index (κ2) is 6.78. The maximum absolute atomic E-state index is 12.4. The van der Waals surface area contributed by atoms with Crippen LogP contribution in [0.3, 0.4) is 0 Å². The number of rotatable bonds is 4. The second-order valence-electron chi connectivity index (χ2n) is 5.59. The third-order valence-electron chi connectivity index (χ3n) is 3.72. The minimum Gasteiger partial charge on any atom is -0.485 e. The predicted octanol–water partition coefficient (Wildman–Crippen LogP) is 1.55. The van der Waals surface area contributed by atoms with Crippen molar-refractivity contribution in [2.24, 2.45) is 0 Å². The van der Waals surface area contributed by atoms with Gasteiger partial charge in [0, 0.05) is 25.6 Å². The number of piperidine rings is 1. The third kappa shape index (κ3) is 3.87. The highest BCUT2D eigenvalue weighted by Gasteiger charge is 2.22. The van der Waals surface area contributed by atoms with Gasteiger partial charge in [0.15, 0.2) is 6.61 Å². The fourth-order valence-electron chi connectivity index (χ4n) is 2.56. The number of aryl methyl sites for hydroxylation is 1. The van der Waals surface area contributed by atoms with Crippen LogP contribution in [-0.4, -0.2) is 45.2 Å². The van der Waals surface area contributed by atoms with Crippen LogP contribution in [0.2, 0.25) is 0 Å². The van der Waals surface area contributed by atoms with E-state index in [1.807, 2.05) is 0 Å². The lowest BCUT2D eigenvalue weighted by molar-refractivity contribution is 0.0473. The van der Waals surface area contributed by atoms with Crippen LogP contribution in [0.1, 0.15) is 34.9 Å². The van der Waals surface area contributed by atoms with Gasteiger partial charge in [-0.25, -0.2) is 0 Å². The number of ether oxygens (including phenoxy) is 1. The zero-order chi connectivity index (χ0) is 16.2. The third-order valence-corrected chi connectivity index (χ3v) is 3.72. The van der Waals surface area contributed by atoms with E-state index in [-0.39, 0.29) is 12.5 Å². The topological polar surface area (TPSA) is 88.7 Å². The Balaban J connectivity index is 1.59. The molecule has 1 saturated heterocycles. The van der Waals surface area contributed by atoms with Crippen molar-refractivity contribution >= 4 is 5.91 Å². The molecule has 0 radical (unpaired) electrons. The van der Waals surface area contributed by atoms with Crippen molar-refractivity contribution < 1.29 is 19.2 Å². The van der Waals surface area contributed by atoms with Gasteiger partial charge in [0.05, 0.1) is 6.10 Å². The lowest BCUT2D eigenvalue weighted by atomic mass is 10.1. The lowest BCUT2D eigenvalue weighted by Gasteiger charge is -2.30. The molecule has 1 aliphatic heterocycles. The molecule has 0 aliphatic carbocycles. The Bertz CT molecular complexity index is 668. The summed E-state index contributed by atoms with van der Waals surface area (Å²) < 4.78 is 10.4. The fraction of sp³-hybridized carbons (Fsp3) is 0.438. The Morgan fingerprint density at radius 1 is 1.43 bits per heavy atom. The minimum atomic E-state index is -0.422.